The van der Waals surface area contributed by atoms with Gasteiger partial charge in [0.2, 0.25) is 5.91 Å². The fourth-order valence-corrected chi connectivity index (χ4v) is 2.29. The van der Waals surface area contributed by atoms with Crippen molar-refractivity contribution < 1.29 is 14.3 Å². The Hall–Kier alpha value is -2.59. The van der Waals surface area contributed by atoms with Crippen molar-refractivity contribution in [2.24, 2.45) is 0 Å². The summed E-state index contributed by atoms with van der Waals surface area (Å²) in [7, 11) is 1.58. The number of carbonyl (C=O) groups is 1. The molecular weight excluding hydrogens is 314 g/mol. The molecule has 4 nitrogen and oxygen atoms in total. The van der Waals surface area contributed by atoms with Gasteiger partial charge in [-0.1, -0.05) is 37.6 Å². The summed E-state index contributed by atoms with van der Waals surface area (Å²) in [6.07, 6.45) is 6.74. The molecule has 4 heteroatoms. The Morgan fingerprint density at radius 3 is 2.44 bits per heavy atom. The molecule has 1 amide bonds. The lowest BCUT2D eigenvalue weighted by atomic mass is 10.1. The van der Waals surface area contributed by atoms with Crippen LogP contribution in [0.3, 0.4) is 0 Å². The fraction of sp³-hybridized carbons (Fsp3) is 0.286. The molecule has 0 bridgehead atoms. The minimum absolute atomic E-state index is 0.152. The number of hydrogen-bond acceptors (Lipinski definition) is 3. The van der Waals surface area contributed by atoms with E-state index in [0.717, 1.165) is 23.4 Å². The Morgan fingerprint density at radius 1 is 1.08 bits per heavy atom. The molecule has 0 aliphatic rings. The first kappa shape index (κ1) is 18.7. The molecule has 0 heterocycles. The average molecular weight is 339 g/mol. The molecule has 0 atom stereocenters. The largest absolute Gasteiger partial charge is 0.468 e. The number of amides is 1. The van der Waals surface area contributed by atoms with E-state index in [-0.39, 0.29) is 12.7 Å². The van der Waals surface area contributed by atoms with Gasteiger partial charge in [0.15, 0.2) is 6.79 Å². The van der Waals surface area contributed by atoms with E-state index in [2.05, 4.69) is 24.4 Å². The van der Waals surface area contributed by atoms with Crippen LogP contribution in [0.15, 0.2) is 54.6 Å². The van der Waals surface area contributed by atoms with Crippen molar-refractivity contribution in [3.05, 3.63) is 65.7 Å². The van der Waals surface area contributed by atoms with Crippen molar-refractivity contribution in [3.8, 4) is 5.75 Å². The molecule has 25 heavy (non-hydrogen) atoms. The second-order valence-electron chi connectivity index (χ2n) is 5.74. The molecule has 0 fully saturated rings. The highest BCUT2D eigenvalue weighted by Crippen LogP contribution is 2.14. The molecule has 2 aromatic carbocycles. The summed E-state index contributed by atoms with van der Waals surface area (Å²) in [6, 6.07) is 15.5. The topological polar surface area (TPSA) is 47.6 Å². The molecule has 1 N–H and O–H groups in total. The summed E-state index contributed by atoms with van der Waals surface area (Å²) in [6.45, 7) is 2.40. The van der Waals surface area contributed by atoms with Crippen LogP contribution in [-0.2, 0) is 16.0 Å². The Labute approximate surface area is 149 Å². The maximum Gasteiger partial charge on any atom is 0.248 e. The van der Waals surface area contributed by atoms with Crippen LogP contribution in [0.25, 0.3) is 6.08 Å². The summed E-state index contributed by atoms with van der Waals surface area (Å²) in [5, 5.41) is 2.87. The number of rotatable bonds is 9. The summed E-state index contributed by atoms with van der Waals surface area (Å²) in [5.41, 5.74) is 3.03. The molecule has 0 aromatic heterocycles. The smallest absolute Gasteiger partial charge is 0.248 e. The van der Waals surface area contributed by atoms with E-state index < -0.39 is 0 Å². The number of unbranched alkanes of at least 4 members (excludes halogenated alkanes) is 1. The van der Waals surface area contributed by atoms with Crippen molar-refractivity contribution in [1.29, 1.82) is 0 Å². The maximum absolute atomic E-state index is 12.0. The van der Waals surface area contributed by atoms with Crippen molar-refractivity contribution in [2.45, 2.75) is 26.2 Å². The van der Waals surface area contributed by atoms with Crippen LogP contribution < -0.4 is 10.1 Å². The van der Waals surface area contributed by atoms with Crippen LogP contribution in [0.4, 0.5) is 5.69 Å². The molecule has 132 valence electrons. The third-order valence-corrected chi connectivity index (χ3v) is 3.69. The van der Waals surface area contributed by atoms with Gasteiger partial charge in [-0.05, 0) is 54.3 Å². The highest BCUT2D eigenvalue weighted by Gasteiger charge is 1.99. The van der Waals surface area contributed by atoms with Crippen LogP contribution in [0.2, 0.25) is 0 Å². The molecule has 2 rings (SSSR count). The van der Waals surface area contributed by atoms with Gasteiger partial charge in [-0.3, -0.25) is 4.79 Å². The van der Waals surface area contributed by atoms with Crippen LogP contribution in [0.1, 0.15) is 30.9 Å². The number of carbonyl (C=O) groups excluding carboxylic acids is 1. The first-order valence-corrected chi connectivity index (χ1v) is 8.51. The van der Waals surface area contributed by atoms with E-state index in [9.17, 15) is 4.79 Å². The minimum Gasteiger partial charge on any atom is -0.468 e. The number of benzene rings is 2. The molecule has 0 saturated carbocycles. The molecule has 0 radical (unpaired) electrons. The van der Waals surface area contributed by atoms with Gasteiger partial charge in [0.1, 0.15) is 5.75 Å². The molecule has 0 unspecified atom stereocenters. The van der Waals surface area contributed by atoms with Gasteiger partial charge in [-0.2, -0.15) is 0 Å². The Balaban J connectivity index is 1.85. The van der Waals surface area contributed by atoms with Gasteiger partial charge in [0.05, 0.1) is 0 Å². The van der Waals surface area contributed by atoms with E-state index in [0.29, 0.717) is 0 Å². The van der Waals surface area contributed by atoms with Gasteiger partial charge in [-0.25, -0.2) is 0 Å². The standard InChI is InChI=1S/C21H25NO3/c1-3-4-5-17-6-11-19(12-7-17)22-21(23)15-10-18-8-13-20(14-9-18)25-16-24-2/h6-15H,3-5,16H2,1-2H3,(H,22,23)/b15-10+. The van der Waals surface area contributed by atoms with E-state index in [1.54, 1.807) is 13.2 Å². The third kappa shape index (κ3) is 6.81. The lowest BCUT2D eigenvalue weighted by Crippen LogP contribution is -2.07. The number of hydrogen-bond donors (Lipinski definition) is 1. The lowest BCUT2D eigenvalue weighted by Gasteiger charge is -2.05. The molecule has 0 aliphatic carbocycles. The van der Waals surface area contributed by atoms with Crippen molar-refractivity contribution in [1.82, 2.24) is 0 Å². The fourth-order valence-electron chi connectivity index (χ4n) is 2.29. The molecule has 0 spiro atoms. The highest BCUT2D eigenvalue weighted by molar-refractivity contribution is 6.01. The Kier molecular flexibility index (Phi) is 7.73. The summed E-state index contributed by atoms with van der Waals surface area (Å²) < 4.78 is 10.2. The van der Waals surface area contributed by atoms with E-state index in [4.69, 9.17) is 9.47 Å². The van der Waals surface area contributed by atoms with Crippen LogP contribution in [0.5, 0.6) is 5.75 Å². The third-order valence-electron chi connectivity index (χ3n) is 3.69. The number of aryl methyl sites for hydroxylation is 1. The second kappa shape index (κ2) is 10.3. The van der Waals surface area contributed by atoms with Crippen molar-refractivity contribution in [2.75, 3.05) is 19.2 Å². The zero-order valence-corrected chi connectivity index (χ0v) is 14.8. The predicted molar refractivity (Wildman–Crippen MR) is 102 cm³/mol. The predicted octanol–water partition coefficient (Wildman–Crippen LogP) is 4.66. The average Bonchev–Trinajstić information content (AvgIpc) is 2.65. The molecule has 2 aromatic rings. The Bertz CT molecular complexity index is 675. The van der Waals surface area contributed by atoms with E-state index in [1.807, 2.05) is 36.4 Å². The minimum atomic E-state index is -0.152. The van der Waals surface area contributed by atoms with Gasteiger partial charge in [0, 0.05) is 18.9 Å². The zero-order valence-electron chi connectivity index (χ0n) is 14.8. The number of methoxy groups -OCH3 is 1. The maximum atomic E-state index is 12.0. The molecular formula is C21H25NO3. The monoisotopic (exact) mass is 339 g/mol. The van der Waals surface area contributed by atoms with Crippen molar-refractivity contribution in [3.63, 3.8) is 0 Å². The van der Waals surface area contributed by atoms with Gasteiger partial charge in [-0.15, -0.1) is 0 Å². The number of anilines is 1. The van der Waals surface area contributed by atoms with Crippen LogP contribution in [-0.4, -0.2) is 19.8 Å². The number of ether oxygens (including phenoxy) is 2. The van der Waals surface area contributed by atoms with Gasteiger partial charge < -0.3 is 14.8 Å². The number of nitrogens with one attached hydrogen (secondary N) is 1. The zero-order chi connectivity index (χ0) is 17.9. The normalized spacial score (nSPS) is 10.8. The van der Waals surface area contributed by atoms with Crippen molar-refractivity contribution >= 4 is 17.7 Å². The lowest BCUT2D eigenvalue weighted by molar-refractivity contribution is -0.111. The first-order valence-electron chi connectivity index (χ1n) is 8.51. The van der Waals surface area contributed by atoms with Crippen LogP contribution in [0, 0.1) is 0 Å². The molecule has 0 aliphatic heterocycles. The van der Waals surface area contributed by atoms with Crippen LogP contribution >= 0.6 is 0 Å². The van der Waals surface area contributed by atoms with Gasteiger partial charge in [0.25, 0.3) is 0 Å². The SMILES string of the molecule is CCCCc1ccc(NC(=O)/C=C/c2ccc(OCOC)cc2)cc1. The summed E-state index contributed by atoms with van der Waals surface area (Å²) >= 11 is 0. The first-order chi connectivity index (χ1) is 12.2. The molecule has 0 saturated heterocycles. The summed E-state index contributed by atoms with van der Waals surface area (Å²) in [5.74, 6) is 0.577. The quantitative estimate of drug-likeness (QED) is 0.534. The summed E-state index contributed by atoms with van der Waals surface area (Å²) in [4.78, 5) is 12.0. The van der Waals surface area contributed by atoms with E-state index >= 15 is 0 Å². The highest BCUT2D eigenvalue weighted by atomic mass is 16.7. The Morgan fingerprint density at radius 2 is 1.80 bits per heavy atom. The van der Waals surface area contributed by atoms with Gasteiger partial charge >= 0.3 is 0 Å². The second-order valence-corrected chi connectivity index (χ2v) is 5.74. The van der Waals surface area contributed by atoms with E-state index in [1.165, 1.54) is 24.5 Å².